The summed E-state index contributed by atoms with van der Waals surface area (Å²) in [6.45, 7) is 2.00. The molecule has 0 atom stereocenters. The molecule has 3 rings (SSSR count). The number of nitrogen functional groups attached to an aromatic ring is 1. The number of H-pyrrole nitrogens is 1. The summed E-state index contributed by atoms with van der Waals surface area (Å²) < 4.78 is 0. The third-order valence-electron chi connectivity index (χ3n) is 4.82. The summed E-state index contributed by atoms with van der Waals surface area (Å²) >= 11 is 5.59. The summed E-state index contributed by atoms with van der Waals surface area (Å²) in [5.41, 5.74) is 6.99. The van der Waals surface area contributed by atoms with Crippen LogP contribution in [0.5, 0.6) is 0 Å². The molecule has 0 radical (unpaired) electrons. The molecule has 2 fully saturated rings. The van der Waals surface area contributed by atoms with Crippen LogP contribution >= 0.6 is 12.2 Å². The van der Waals surface area contributed by atoms with E-state index in [2.05, 4.69) is 20.2 Å². The number of nitrogens with two attached hydrogens (primary N) is 1. The van der Waals surface area contributed by atoms with E-state index >= 15 is 0 Å². The van der Waals surface area contributed by atoms with E-state index in [1.165, 1.54) is 32.1 Å². The van der Waals surface area contributed by atoms with Gasteiger partial charge < -0.3 is 20.9 Å². The van der Waals surface area contributed by atoms with Crippen molar-refractivity contribution in [2.45, 2.75) is 56.9 Å². The summed E-state index contributed by atoms with van der Waals surface area (Å²) in [7, 11) is 0. The molecule has 0 amide bonds. The molecule has 0 bridgehead atoms. The van der Waals surface area contributed by atoms with Gasteiger partial charge in [0.15, 0.2) is 5.11 Å². The maximum absolute atomic E-state index is 5.90. The van der Waals surface area contributed by atoms with Crippen molar-refractivity contribution in [1.82, 2.24) is 20.2 Å². The van der Waals surface area contributed by atoms with Gasteiger partial charge in [-0.25, -0.2) is 4.98 Å². The summed E-state index contributed by atoms with van der Waals surface area (Å²) in [6, 6.07) is 0.590. The van der Waals surface area contributed by atoms with Crippen LogP contribution in [0.4, 0.5) is 5.82 Å². The molecule has 1 saturated carbocycles. The molecule has 2 heterocycles. The fourth-order valence-corrected chi connectivity index (χ4v) is 3.88. The molecule has 0 unspecified atom stereocenters. The minimum atomic E-state index is 0.487. The molecule has 2 aliphatic rings. The smallest absolute Gasteiger partial charge is 0.169 e. The molecule has 6 heteroatoms. The molecule has 5 nitrogen and oxygen atoms in total. The van der Waals surface area contributed by atoms with E-state index in [0.29, 0.717) is 17.8 Å². The number of nitrogens with zero attached hydrogens (tertiary/aromatic N) is 2. The second kappa shape index (κ2) is 6.64. The fourth-order valence-electron chi connectivity index (χ4n) is 3.53. The number of hydrogen-bond acceptors (Lipinski definition) is 3. The highest BCUT2D eigenvalue weighted by Crippen LogP contribution is 2.29. The minimum Gasteiger partial charge on any atom is -0.382 e. The van der Waals surface area contributed by atoms with E-state index < -0.39 is 0 Å². The van der Waals surface area contributed by atoms with Crippen LogP contribution in [-0.2, 0) is 0 Å². The van der Waals surface area contributed by atoms with Crippen molar-refractivity contribution in [1.29, 1.82) is 0 Å². The Bertz CT molecular complexity index is 472. The highest BCUT2D eigenvalue weighted by molar-refractivity contribution is 7.80. The molecular weight excluding hydrogens is 282 g/mol. The maximum Gasteiger partial charge on any atom is 0.169 e. The van der Waals surface area contributed by atoms with Gasteiger partial charge in [0, 0.05) is 25.0 Å². The first kappa shape index (κ1) is 14.6. The predicted molar refractivity (Wildman–Crippen MR) is 89.2 cm³/mol. The SMILES string of the molecule is Nc1nc[nH]c1C1CCN(C(=S)NC2CCCCC2)CC1. The average molecular weight is 307 g/mol. The molecule has 1 aromatic heterocycles. The van der Waals surface area contributed by atoms with Crippen LogP contribution in [0.25, 0.3) is 0 Å². The normalized spacial score (nSPS) is 21.4. The first-order valence-corrected chi connectivity index (χ1v) is 8.49. The molecule has 1 aliphatic heterocycles. The van der Waals surface area contributed by atoms with Gasteiger partial charge in [-0.2, -0.15) is 0 Å². The lowest BCUT2D eigenvalue weighted by molar-refractivity contribution is 0.299. The minimum absolute atomic E-state index is 0.487. The molecule has 4 N–H and O–H groups in total. The number of aromatic nitrogens is 2. The van der Waals surface area contributed by atoms with Crippen molar-refractivity contribution in [2.75, 3.05) is 18.8 Å². The number of nitrogens with one attached hydrogen (secondary N) is 2. The molecule has 116 valence electrons. The molecule has 1 aromatic rings. The number of aromatic amines is 1. The van der Waals surface area contributed by atoms with Gasteiger partial charge in [0.05, 0.1) is 12.0 Å². The van der Waals surface area contributed by atoms with Gasteiger partial charge in [-0.05, 0) is 37.9 Å². The first-order chi connectivity index (χ1) is 10.2. The van der Waals surface area contributed by atoms with Crippen LogP contribution in [0.1, 0.15) is 56.6 Å². The monoisotopic (exact) mass is 307 g/mol. The van der Waals surface area contributed by atoms with Gasteiger partial charge in [-0.15, -0.1) is 0 Å². The Labute approximate surface area is 131 Å². The van der Waals surface area contributed by atoms with Gasteiger partial charge in [0.25, 0.3) is 0 Å². The molecule has 1 aliphatic carbocycles. The fraction of sp³-hybridized carbons (Fsp3) is 0.733. The van der Waals surface area contributed by atoms with Crippen molar-refractivity contribution < 1.29 is 0 Å². The lowest BCUT2D eigenvalue weighted by atomic mass is 9.93. The number of hydrogen-bond donors (Lipinski definition) is 3. The predicted octanol–water partition coefficient (Wildman–Crippen LogP) is 2.38. The van der Waals surface area contributed by atoms with Crippen molar-refractivity contribution in [3.05, 3.63) is 12.0 Å². The van der Waals surface area contributed by atoms with E-state index in [4.69, 9.17) is 18.0 Å². The van der Waals surface area contributed by atoms with Crippen LogP contribution < -0.4 is 11.1 Å². The van der Waals surface area contributed by atoms with Gasteiger partial charge in [0.2, 0.25) is 0 Å². The standard InChI is InChI=1S/C15H25N5S/c16-14-13(17-10-18-14)11-6-8-20(9-7-11)15(21)19-12-4-2-1-3-5-12/h10-12H,1-9,16H2,(H,17,18)(H,19,21). The number of thiocarbonyl (C=S) groups is 1. The topological polar surface area (TPSA) is 70.0 Å². The van der Waals surface area contributed by atoms with Gasteiger partial charge in [-0.1, -0.05) is 19.3 Å². The Morgan fingerprint density at radius 3 is 2.57 bits per heavy atom. The largest absolute Gasteiger partial charge is 0.382 e. The molecule has 0 spiro atoms. The van der Waals surface area contributed by atoms with Crippen molar-refractivity contribution in [3.8, 4) is 0 Å². The van der Waals surface area contributed by atoms with Crippen LogP contribution in [-0.4, -0.2) is 39.1 Å². The number of rotatable bonds is 2. The Morgan fingerprint density at radius 1 is 1.24 bits per heavy atom. The molecule has 1 saturated heterocycles. The zero-order valence-corrected chi connectivity index (χ0v) is 13.3. The maximum atomic E-state index is 5.90. The quantitative estimate of drug-likeness (QED) is 0.732. The van der Waals surface area contributed by atoms with E-state index in [-0.39, 0.29) is 0 Å². The van der Waals surface area contributed by atoms with Crippen LogP contribution in [0.3, 0.4) is 0 Å². The Balaban J connectivity index is 1.48. The number of imidazole rings is 1. The van der Waals surface area contributed by atoms with Crippen molar-refractivity contribution in [3.63, 3.8) is 0 Å². The zero-order valence-electron chi connectivity index (χ0n) is 12.5. The zero-order chi connectivity index (χ0) is 14.7. The van der Waals surface area contributed by atoms with E-state index in [0.717, 1.165) is 36.7 Å². The number of piperidine rings is 1. The summed E-state index contributed by atoms with van der Waals surface area (Å²) in [5.74, 6) is 1.14. The van der Waals surface area contributed by atoms with Gasteiger partial charge in [-0.3, -0.25) is 0 Å². The highest BCUT2D eigenvalue weighted by Gasteiger charge is 2.25. The van der Waals surface area contributed by atoms with Gasteiger partial charge >= 0.3 is 0 Å². The van der Waals surface area contributed by atoms with E-state index in [1.807, 2.05) is 0 Å². The number of likely N-dealkylation sites (tertiary alicyclic amines) is 1. The van der Waals surface area contributed by atoms with Crippen LogP contribution in [0.2, 0.25) is 0 Å². The first-order valence-electron chi connectivity index (χ1n) is 8.08. The average Bonchev–Trinajstić information content (AvgIpc) is 2.94. The molecular formula is C15H25N5S. The van der Waals surface area contributed by atoms with E-state index in [9.17, 15) is 0 Å². The Hall–Kier alpha value is -1.30. The summed E-state index contributed by atoms with van der Waals surface area (Å²) in [4.78, 5) is 9.59. The molecule has 21 heavy (non-hydrogen) atoms. The lowest BCUT2D eigenvalue weighted by Crippen LogP contribution is -2.48. The van der Waals surface area contributed by atoms with Gasteiger partial charge in [0.1, 0.15) is 5.82 Å². The van der Waals surface area contributed by atoms with Crippen LogP contribution in [0, 0.1) is 0 Å². The third kappa shape index (κ3) is 3.48. The number of anilines is 1. The highest BCUT2D eigenvalue weighted by atomic mass is 32.1. The second-order valence-electron chi connectivity index (χ2n) is 6.25. The van der Waals surface area contributed by atoms with E-state index in [1.54, 1.807) is 6.33 Å². The second-order valence-corrected chi connectivity index (χ2v) is 6.63. The Kier molecular flexibility index (Phi) is 4.63. The van der Waals surface area contributed by atoms with Crippen molar-refractivity contribution >= 4 is 23.1 Å². The third-order valence-corrected chi connectivity index (χ3v) is 5.20. The summed E-state index contributed by atoms with van der Waals surface area (Å²) in [6.07, 6.45) is 10.4. The Morgan fingerprint density at radius 2 is 1.95 bits per heavy atom. The van der Waals surface area contributed by atoms with Crippen LogP contribution in [0.15, 0.2) is 6.33 Å². The lowest BCUT2D eigenvalue weighted by Gasteiger charge is -2.35. The molecule has 0 aromatic carbocycles. The summed E-state index contributed by atoms with van der Waals surface area (Å²) in [5, 5.41) is 4.50. The van der Waals surface area contributed by atoms with Crippen molar-refractivity contribution in [2.24, 2.45) is 0 Å².